The number of nitrogens with zero attached hydrogens (tertiary/aromatic N) is 1. The molecule has 0 fully saturated rings. The van der Waals surface area contributed by atoms with Crippen molar-refractivity contribution in [2.45, 2.75) is 19.5 Å². The second-order valence-corrected chi connectivity index (χ2v) is 4.63. The lowest BCUT2D eigenvalue weighted by molar-refractivity contribution is 0.186. The van der Waals surface area contributed by atoms with Crippen LogP contribution in [0.25, 0.3) is 10.8 Å². The van der Waals surface area contributed by atoms with Crippen LogP contribution < -0.4 is 10.9 Å². The average Bonchev–Trinajstić information content (AvgIpc) is 2.46. The normalized spacial score (nSPS) is 12.8. The molecule has 2 rings (SSSR count). The molecule has 4 heteroatoms. The molecule has 19 heavy (non-hydrogen) atoms. The number of fused-ring (bicyclic) bond motifs is 1. The van der Waals surface area contributed by atoms with Gasteiger partial charge in [-0.15, -0.1) is 0 Å². The van der Waals surface area contributed by atoms with E-state index in [0.717, 1.165) is 16.3 Å². The molecule has 1 heterocycles. The van der Waals surface area contributed by atoms with Gasteiger partial charge in [0, 0.05) is 31.3 Å². The highest BCUT2D eigenvalue weighted by atomic mass is 16.5. The number of methoxy groups -OCH3 is 1. The minimum atomic E-state index is 0.0414. The molecular weight excluding hydrogens is 240 g/mol. The van der Waals surface area contributed by atoms with Gasteiger partial charge in [0.1, 0.15) is 0 Å². The van der Waals surface area contributed by atoms with E-state index in [1.165, 1.54) is 0 Å². The van der Waals surface area contributed by atoms with Crippen LogP contribution in [0, 0.1) is 0 Å². The zero-order chi connectivity index (χ0) is 13.8. The Labute approximate surface area is 113 Å². The Morgan fingerprint density at radius 1 is 1.32 bits per heavy atom. The minimum absolute atomic E-state index is 0.0414. The van der Waals surface area contributed by atoms with Crippen LogP contribution in [0.15, 0.2) is 35.3 Å². The fraction of sp³-hybridized carbons (Fsp3) is 0.400. The first kappa shape index (κ1) is 13.8. The molecule has 0 aliphatic rings. The Morgan fingerprint density at radius 2 is 2.00 bits per heavy atom. The highest BCUT2D eigenvalue weighted by Crippen LogP contribution is 2.21. The van der Waals surface area contributed by atoms with Gasteiger partial charge in [-0.25, -0.2) is 0 Å². The van der Waals surface area contributed by atoms with Gasteiger partial charge < -0.3 is 14.6 Å². The van der Waals surface area contributed by atoms with Gasteiger partial charge in [-0.05, 0) is 31.0 Å². The summed E-state index contributed by atoms with van der Waals surface area (Å²) in [5.74, 6) is 0. The minimum Gasteiger partial charge on any atom is -0.383 e. The van der Waals surface area contributed by atoms with Crippen molar-refractivity contribution in [3.05, 3.63) is 46.4 Å². The molecule has 1 unspecified atom stereocenters. The van der Waals surface area contributed by atoms with Gasteiger partial charge >= 0.3 is 0 Å². The maximum Gasteiger partial charge on any atom is 0.258 e. The Hall–Kier alpha value is -1.65. The summed E-state index contributed by atoms with van der Waals surface area (Å²) < 4.78 is 6.80. The maximum absolute atomic E-state index is 12.4. The molecule has 1 N–H and O–H groups in total. The summed E-state index contributed by atoms with van der Waals surface area (Å²) >= 11 is 0. The molecule has 0 saturated carbocycles. The third kappa shape index (κ3) is 2.69. The summed E-state index contributed by atoms with van der Waals surface area (Å²) in [6.07, 6.45) is 1.94. The van der Waals surface area contributed by atoms with E-state index >= 15 is 0 Å². The van der Waals surface area contributed by atoms with Gasteiger partial charge in [0.15, 0.2) is 0 Å². The quantitative estimate of drug-likeness (QED) is 0.893. The third-order valence-electron chi connectivity index (χ3n) is 3.46. The molecule has 1 aromatic carbocycles. The number of ether oxygens (including phenoxy) is 1. The second kappa shape index (κ2) is 5.99. The fourth-order valence-corrected chi connectivity index (χ4v) is 2.23. The molecule has 4 nitrogen and oxygen atoms in total. The Kier molecular flexibility index (Phi) is 4.35. The lowest BCUT2D eigenvalue weighted by atomic mass is 10.0. The van der Waals surface area contributed by atoms with E-state index in [1.54, 1.807) is 11.7 Å². The van der Waals surface area contributed by atoms with E-state index in [-0.39, 0.29) is 11.6 Å². The standard InChI is InChI=1S/C15H20N2O2/c1-11(16-2)14-10-17(8-9-19-3)15(18)13-7-5-4-6-12(13)14/h4-7,10-11,16H,8-9H2,1-3H3. The number of pyridine rings is 1. The highest BCUT2D eigenvalue weighted by Gasteiger charge is 2.12. The number of hydrogen-bond donors (Lipinski definition) is 1. The second-order valence-electron chi connectivity index (χ2n) is 4.63. The van der Waals surface area contributed by atoms with Crippen LogP contribution in [0.1, 0.15) is 18.5 Å². The van der Waals surface area contributed by atoms with Crippen LogP contribution in [0.2, 0.25) is 0 Å². The summed E-state index contributed by atoms with van der Waals surface area (Å²) in [5.41, 5.74) is 1.17. The van der Waals surface area contributed by atoms with E-state index in [0.29, 0.717) is 13.2 Å². The lowest BCUT2D eigenvalue weighted by Gasteiger charge is -2.16. The number of hydrogen-bond acceptors (Lipinski definition) is 3. The predicted molar refractivity (Wildman–Crippen MR) is 77.6 cm³/mol. The van der Waals surface area contributed by atoms with Crippen LogP contribution in [-0.2, 0) is 11.3 Å². The average molecular weight is 260 g/mol. The van der Waals surface area contributed by atoms with Gasteiger partial charge in [-0.2, -0.15) is 0 Å². The molecule has 0 spiro atoms. The van der Waals surface area contributed by atoms with E-state index in [2.05, 4.69) is 12.2 Å². The van der Waals surface area contributed by atoms with Crippen LogP contribution in [0.4, 0.5) is 0 Å². The molecule has 0 saturated heterocycles. The van der Waals surface area contributed by atoms with E-state index in [4.69, 9.17) is 4.74 Å². The van der Waals surface area contributed by atoms with Crippen molar-refractivity contribution in [2.24, 2.45) is 0 Å². The van der Waals surface area contributed by atoms with Crippen molar-refractivity contribution in [1.29, 1.82) is 0 Å². The zero-order valence-electron chi connectivity index (χ0n) is 11.6. The predicted octanol–water partition coefficient (Wildman–Crippen LogP) is 1.93. The maximum atomic E-state index is 12.4. The van der Waals surface area contributed by atoms with E-state index < -0.39 is 0 Å². The number of benzene rings is 1. The van der Waals surface area contributed by atoms with Gasteiger partial charge in [-0.1, -0.05) is 18.2 Å². The fourth-order valence-electron chi connectivity index (χ4n) is 2.23. The third-order valence-corrected chi connectivity index (χ3v) is 3.46. The van der Waals surface area contributed by atoms with Crippen LogP contribution in [0.3, 0.4) is 0 Å². The SMILES string of the molecule is CNC(C)c1cn(CCOC)c(=O)c2ccccc12. The molecule has 1 aromatic heterocycles. The molecular formula is C15H20N2O2. The monoisotopic (exact) mass is 260 g/mol. The van der Waals surface area contributed by atoms with Crippen LogP contribution in [-0.4, -0.2) is 25.3 Å². The largest absolute Gasteiger partial charge is 0.383 e. The first-order valence-corrected chi connectivity index (χ1v) is 6.47. The van der Waals surface area contributed by atoms with Crippen molar-refractivity contribution in [3.8, 4) is 0 Å². The molecule has 2 aromatic rings. The molecule has 1 atom stereocenters. The van der Waals surface area contributed by atoms with Crippen LogP contribution >= 0.6 is 0 Å². The van der Waals surface area contributed by atoms with Crippen molar-refractivity contribution in [2.75, 3.05) is 20.8 Å². The molecule has 0 aliphatic carbocycles. The molecule has 0 aliphatic heterocycles. The number of nitrogens with one attached hydrogen (secondary N) is 1. The van der Waals surface area contributed by atoms with Gasteiger partial charge in [0.05, 0.1) is 6.61 Å². The topological polar surface area (TPSA) is 43.3 Å². The first-order chi connectivity index (χ1) is 9.19. The number of aromatic nitrogens is 1. The van der Waals surface area contributed by atoms with Crippen molar-refractivity contribution < 1.29 is 4.74 Å². The van der Waals surface area contributed by atoms with Crippen LogP contribution in [0.5, 0.6) is 0 Å². The summed E-state index contributed by atoms with van der Waals surface area (Å²) in [6.45, 7) is 3.20. The zero-order valence-corrected chi connectivity index (χ0v) is 11.6. The summed E-state index contributed by atoms with van der Waals surface area (Å²) in [5, 5.41) is 5.01. The summed E-state index contributed by atoms with van der Waals surface area (Å²) in [6, 6.07) is 7.94. The Morgan fingerprint density at radius 3 is 2.63 bits per heavy atom. The first-order valence-electron chi connectivity index (χ1n) is 6.47. The van der Waals surface area contributed by atoms with Crippen molar-refractivity contribution >= 4 is 10.8 Å². The van der Waals surface area contributed by atoms with Gasteiger partial charge in [0.2, 0.25) is 0 Å². The van der Waals surface area contributed by atoms with Gasteiger partial charge in [0.25, 0.3) is 5.56 Å². The van der Waals surface area contributed by atoms with E-state index in [1.807, 2.05) is 37.5 Å². The highest BCUT2D eigenvalue weighted by molar-refractivity contribution is 5.85. The smallest absolute Gasteiger partial charge is 0.258 e. The molecule has 0 amide bonds. The van der Waals surface area contributed by atoms with E-state index in [9.17, 15) is 4.79 Å². The lowest BCUT2D eigenvalue weighted by Crippen LogP contribution is -2.25. The van der Waals surface area contributed by atoms with Crippen molar-refractivity contribution in [3.63, 3.8) is 0 Å². The molecule has 102 valence electrons. The molecule has 0 radical (unpaired) electrons. The molecule has 0 bridgehead atoms. The summed E-state index contributed by atoms with van der Waals surface area (Å²) in [4.78, 5) is 12.4. The number of rotatable bonds is 5. The summed E-state index contributed by atoms with van der Waals surface area (Å²) in [7, 11) is 3.56. The van der Waals surface area contributed by atoms with Gasteiger partial charge in [-0.3, -0.25) is 4.79 Å². The Balaban J connectivity index is 2.65. The Bertz CT molecular complexity index is 619. The van der Waals surface area contributed by atoms with Crippen molar-refractivity contribution in [1.82, 2.24) is 9.88 Å².